The van der Waals surface area contributed by atoms with Gasteiger partial charge in [-0.2, -0.15) is 0 Å². The first-order chi connectivity index (χ1) is 13.4. The maximum absolute atomic E-state index is 14.8. The molecule has 1 fully saturated rings. The van der Waals surface area contributed by atoms with Crippen molar-refractivity contribution in [3.8, 4) is 5.75 Å². The van der Waals surface area contributed by atoms with Crippen LogP contribution in [0.3, 0.4) is 0 Å². The molecule has 1 aliphatic carbocycles. The highest BCUT2D eigenvalue weighted by molar-refractivity contribution is 6.30. The molecule has 2 heterocycles. The third kappa shape index (κ3) is 2.39. The van der Waals surface area contributed by atoms with Crippen molar-refractivity contribution in [3.05, 3.63) is 64.1 Å². The molecule has 144 valence electrons. The van der Waals surface area contributed by atoms with Crippen LogP contribution in [0.2, 0.25) is 5.02 Å². The van der Waals surface area contributed by atoms with Gasteiger partial charge in [0.15, 0.2) is 0 Å². The lowest BCUT2D eigenvalue weighted by Crippen LogP contribution is -2.44. The molecule has 0 radical (unpaired) electrons. The van der Waals surface area contributed by atoms with Crippen LogP contribution in [0.4, 0.5) is 4.39 Å². The molecule has 1 spiro atoms. The molecular weight excluding hydrogens is 379 g/mol. The molecule has 1 amide bonds. The van der Waals surface area contributed by atoms with Crippen LogP contribution in [0, 0.1) is 5.82 Å². The second-order valence-electron chi connectivity index (χ2n) is 7.79. The van der Waals surface area contributed by atoms with Crippen LogP contribution in [0.1, 0.15) is 42.6 Å². The Morgan fingerprint density at radius 3 is 2.79 bits per heavy atom. The summed E-state index contributed by atoms with van der Waals surface area (Å²) in [6, 6.07) is 10.2. The fourth-order valence-electron chi connectivity index (χ4n) is 4.72. The minimum Gasteiger partial charge on any atom is -0.496 e. The minimum absolute atomic E-state index is 0.0157. The molecule has 1 saturated carbocycles. The van der Waals surface area contributed by atoms with E-state index in [2.05, 4.69) is 4.98 Å². The van der Waals surface area contributed by atoms with E-state index in [0.29, 0.717) is 22.7 Å². The van der Waals surface area contributed by atoms with E-state index in [0.717, 1.165) is 35.2 Å². The zero-order chi connectivity index (χ0) is 19.6. The number of fused-ring (bicyclic) bond motifs is 4. The summed E-state index contributed by atoms with van der Waals surface area (Å²) in [6.07, 6.45) is 1.91. The number of aromatic amines is 1. The van der Waals surface area contributed by atoms with Crippen LogP contribution in [0.15, 0.2) is 36.4 Å². The summed E-state index contributed by atoms with van der Waals surface area (Å²) in [7, 11) is 1.59. The van der Waals surface area contributed by atoms with Crippen molar-refractivity contribution in [2.75, 3.05) is 13.7 Å². The molecule has 28 heavy (non-hydrogen) atoms. The number of hydrogen-bond acceptors (Lipinski definition) is 2. The number of hydrogen-bond donors (Lipinski definition) is 1. The summed E-state index contributed by atoms with van der Waals surface area (Å²) >= 11 is 6.16. The molecule has 0 saturated heterocycles. The van der Waals surface area contributed by atoms with Gasteiger partial charge in [-0.3, -0.25) is 4.79 Å². The summed E-state index contributed by atoms with van der Waals surface area (Å²) in [5.41, 5.74) is 3.32. The van der Waals surface area contributed by atoms with E-state index in [1.54, 1.807) is 32.2 Å². The Morgan fingerprint density at radius 1 is 1.32 bits per heavy atom. The molecule has 1 N–H and O–H groups in total. The monoisotopic (exact) mass is 398 g/mol. The lowest BCUT2D eigenvalue weighted by molar-refractivity contribution is -0.131. The molecule has 5 rings (SSSR count). The summed E-state index contributed by atoms with van der Waals surface area (Å²) in [4.78, 5) is 17.9. The second kappa shape index (κ2) is 5.98. The van der Waals surface area contributed by atoms with Gasteiger partial charge in [-0.1, -0.05) is 23.7 Å². The van der Waals surface area contributed by atoms with Gasteiger partial charge in [0, 0.05) is 46.1 Å². The quantitative estimate of drug-likeness (QED) is 0.663. The standard InChI is InChI=1S/C22H20ClFN2O2/c1-12(27)26-11-22(8-9-22)19-18-15(24)4-3-5-16(18)25-20(19)21(26)14-7-6-13(23)10-17(14)28-2/h3-7,10,21,25H,8-9,11H2,1-2H3/t21-/m1/s1. The highest BCUT2D eigenvalue weighted by Gasteiger charge is 2.55. The number of rotatable bonds is 2. The SMILES string of the molecule is COc1cc(Cl)ccc1[C@@H]1c2[nH]c3cccc(F)c3c2C2(CC2)CN1C(C)=O. The summed E-state index contributed by atoms with van der Waals surface area (Å²) in [6.45, 7) is 2.16. The number of methoxy groups -OCH3 is 1. The van der Waals surface area contributed by atoms with Crippen molar-refractivity contribution in [1.82, 2.24) is 9.88 Å². The molecule has 0 unspecified atom stereocenters. The second-order valence-corrected chi connectivity index (χ2v) is 8.23. The molecule has 1 aliphatic heterocycles. The van der Waals surface area contributed by atoms with Crippen LogP contribution < -0.4 is 4.74 Å². The topological polar surface area (TPSA) is 45.3 Å². The fraction of sp³-hybridized carbons (Fsp3) is 0.318. The number of halogens is 2. The van der Waals surface area contributed by atoms with Crippen LogP contribution in [0.25, 0.3) is 10.9 Å². The number of nitrogens with one attached hydrogen (secondary N) is 1. The van der Waals surface area contributed by atoms with Crippen LogP contribution in [-0.4, -0.2) is 29.4 Å². The largest absolute Gasteiger partial charge is 0.496 e. The average molecular weight is 399 g/mol. The molecule has 2 aromatic carbocycles. The lowest BCUT2D eigenvalue weighted by atomic mass is 9.83. The smallest absolute Gasteiger partial charge is 0.220 e. The van der Waals surface area contributed by atoms with Crippen LogP contribution >= 0.6 is 11.6 Å². The third-order valence-corrected chi connectivity index (χ3v) is 6.37. The van der Waals surface area contributed by atoms with Gasteiger partial charge in [-0.25, -0.2) is 4.39 Å². The van der Waals surface area contributed by atoms with Gasteiger partial charge in [-0.05, 0) is 42.7 Å². The number of benzene rings is 2. The highest BCUT2D eigenvalue weighted by atomic mass is 35.5. The predicted octanol–water partition coefficient (Wildman–Crippen LogP) is 4.95. The van der Waals surface area contributed by atoms with Gasteiger partial charge in [0.2, 0.25) is 5.91 Å². The number of aromatic nitrogens is 1. The number of ether oxygens (including phenoxy) is 1. The van der Waals surface area contributed by atoms with Gasteiger partial charge in [-0.15, -0.1) is 0 Å². The Bertz CT molecular complexity index is 1120. The van der Waals surface area contributed by atoms with Crippen molar-refractivity contribution in [2.24, 2.45) is 0 Å². The molecule has 1 aromatic heterocycles. The molecule has 0 bridgehead atoms. The number of carbonyl (C=O) groups excluding carboxylic acids is 1. The first-order valence-corrected chi connectivity index (χ1v) is 9.74. The van der Waals surface area contributed by atoms with Gasteiger partial charge in [0.05, 0.1) is 7.11 Å². The third-order valence-electron chi connectivity index (χ3n) is 6.14. The average Bonchev–Trinajstić information content (AvgIpc) is 3.31. The van der Waals surface area contributed by atoms with Crippen molar-refractivity contribution in [2.45, 2.75) is 31.2 Å². The van der Waals surface area contributed by atoms with E-state index in [1.165, 1.54) is 6.07 Å². The van der Waals surface area contributed by atoms with Gasteiger partial charge in [0.25, 0.3) is 0 Å². The van der Waals surface area contributed by atoms with Gasteiger partial charge >= 0.3 is 0 Å². The molecule has 4 nitrogen and oxygen atoms in total. The molecular formula is C22H20ClFN2O2. The number of nitrogens with zero attached hydrogens (tertiary/aromatic N) is 1. The summed E-state index contributed by atoms with van der Waals surface area (Å²) in [5.74, 6) is 0.373. The maximum Gasteiger partial charge on any atom is 0.220 e. The van der Waals surface area contributed by atoms with E-state index in [4.69, 9.17) is 16.3 Å². The number of H-pyrrole nitrogens is 1. The molecule has 1 atom stereocenters. The minimum atomic E-state index is -0.377. The fourth-order valence-corrected chi connectivity index (χ4v) is 4.88. The Morgan fingerprint density at radius 2 is 2.11 bits per heavy atom. The summed E-state index contributed by atoms with van der Waals surface area (Å²) < 4.78 is 20.4. The molecule has 6 heteroatoms. The van der Waals surface area contributed by atoms with Crippen molar-refractivity contribution < 1.29 is 13.9 Å². The highest BCUT2D eigenvalue weighted by Crippen LogP contribution is 2.58. The number of amides is 1. The number of carbonyl (C=O) groups is 1. The van der Waals surface area contributed by atoms with Crippen molar-refractivity contribution in [3.63, 3.8) is 0 Å². The normalized spacial score (nSPS) is 19.7. The van der Waals surface area contributed by atoms with E-state index >= 15 is 0 Å². The Balaban J connectivity index is 1.82. The Kier molecular flexibility index (Phi) is 3.75. The van der Waals surface area contributed by atoms with Crippen LogP contribution in [-0.2, 0) is 10.2 Å². The molecule has 2 aliphatic rings. The predicted molar refractivity (Wildman–Crippen MR) is 106 cm³/mol. The van der Waals surface area contributed by atoms with E-state index in [-0.39, 0.29) is 23.2 Å². The zero-order valence-electron chi connectivity index (χ0n) is 15.7. The Hall–Kier alpha value is -2.53. The van der Waals surface area contributed by atoms with E-state index < -0.39 is 0 Å². The Labute approximate surface area is 167 Å². The lowest BCUT2D eigenvalue weighted by Gasteiger charge is -2.40. The van der Waals surface area contributed by atoms with Gasteiger partial charge < -0.3 is 14.6 Å². The van der Waals surface area contributed by atoms with Gasteiger partial charge in [0.1, 0.15) is 17.6 Å². The van der Waals surface area contributed by atoms with E-state index in [1.807, 2.05) is 17.0 Å². The van der Waals surface area contributed by atoms with Crippen LogP contribution in [0.5, 0.6) is 5.75 Å². The van der Waals surface area contributed by atoms with Crippen molar-refractivity contribution >= 4 is 28.4 Å². The first-order valence-electron chi connectivity index (χ1n) is 9.36. The zero-order valence-corrected chi connectivity index (χ0v) is 16.4. The van der Waals surface area contributed by atoms with E-state index in [9.17, 15) is 9.18 Å². The first kappa shape index (κ1) is 17.6. The van der Waals surface area contributed by atoms with Crippen molar-refractivity contribution in [1.29, 1.82) is 0 Å². The summed E-state index contributed by atoms with van der Waals surface area (Å²) in [5, 5.41) is 1.21. The molecule has 3 aromatic rings. The maximum atomic E-state index is 14.8.